The van der Waals surface area contributed by atoms with E-state index in [9.17, 15) is 9.59 Å². The quantitative estimate of drug-likeness (QED) is 0.131. The van der Waals surface area contributed by atoms with Gasteiger partial charge in [-0.15, -0.1) is 11.8 Å². The normalized spacial score (nSPS) is 15.2. The number of para-hydroxylation sites is 1. The molecule has 0 atom stereocenters. The van der Waals surface area contributed by atoms with E-state index in [4.69, 9.17) is 0 Å². The number of carbonyl (C=O) groups is 2. The van der Waals surface area contributed by atoms with Gasteiger partial charge in [-0.05, 0) is 94.4 Å². The number of ketones is 2. The summed E-state index contributed by atoms with van der Waals surface area (Å²) < 4.78 is 0. The van der Waals surface area contributed by atoms with Gasteiger partial charge in [0.1, 0.15) is 0 Å². The number of anilines is 3. The van der Waals surface area contributed by atoms with Gasteiger partial charge < -0.3 is 4.90 Å². The average Bonchev–Trinajstić information content (AvgIpc) is 3.20. The summed E-state index contributed by atoms with van der Waals surface area (Å²) >= 11 is 1.73. The van der Waals surface area contributed by atoms with Crippen LogP contribution in [0.5, 0.6) is 0 Å². The zero-order valence-corrected chi connectivity index (χ0v) is 23.4. The number of nitrogens with zero attached hydrogens (tertiary/aromatic N) is 1. The maximum Gasteiger partial charge on any atom is 0.197 e. The lowest BCUT2D eigenvalue weighted by atomic mass is 9.73. The van der Waals surface area contributed by atoms with Crippen molar-refractivity contribution in [2.75, 3.05) is 11.2 Å². The number of Topliss-reactive ketones (excluding diaryl/α,β-unsaturated/α-hetero) is 2. The molecule has 0 bridgehead atoms. The molecule has 0 amide bonds. The molecule has 40 heavy (non-hydrogen) atoms. The molecular formula is C36H27NO2S. The van der Waals surface area contributed by atoms with E-state index < -0.39 is 0 Å². The lowest BCUT2D eigenvalue weighted by Gasteiger charge is -2.42. The van der Waals surface area contributed by atoms with Gasteiger partial charge in [-0.25, -0.2) is 0 Å². The van der Waals surface area contributed by atoms with Crippen molar-refractivity contribution in [3.8, 4) is 0 Å². The molecule has 0 radical (unpaired) electrons. The molecule has 4 heteroatoms. The number of rotatable bonds is 3. The van der Waals surface area contributed by atoms with E-state index in [-0.39, 0.29) is 22.6 Å². The van der Waals surface area contributed by atoms with Gasteiger partial charge in [0.2, 0.25) is 0 Å². The highest BCUT2D eigenvalue weighted by molar-refractivity contribution is 7.98. The molecule has 5 aromatic rings. The Morgan fingerprint density at radius 3 is 1.93 bits per heavy atom. The minimum absolute atomic E-state index is 0.205. The predicted octanol–water partition coefficient (Wildman–Crippen LogP) is 9.13. The summed E-state index contributed by atoms with van der Waals surface area (Å²) in [7, 11) is 0. The summed E-state index contributed by atoms with van der Waals surface area (Å²) in [6, 6.07) is 35.0. The molecule has 0 saturated carbocycles. The summed E-state index contributed by atoms with van der Waals surface area (Å²) in [5.74, 6) is -0.410. The minimum Gasteiger partial charge on any atom is -0.310 e. The molecule has 0 unspecified atom stereocenters. The lowest BCUT2D eigenvalue weighted by Crippen LogP contribution is -2.30. The van der Waals surface area contributed by atoms with Gasteiger partial charge in [-0.2, -0.15) is 0 Å². The number of fused-ring (bicyclic) bond motifs is 4. The Hall–Kier alpha value is -4.41. The van der Waals surface area contributed by atoms with Crippen LogP contribution in [0, 0.1) is 0 Å². The predicted molar refractivity (Wildman–Crippen MR) is 166 cm³/mol. The number of hydrogen-bond donors (Lipinski definition) is 0. The minimum atomic E-state index is -0.277. The maximum absolute atomic E-state index is 13.4. The van der Waals surface area contributed by atoms with Crippen LogP contribution in [0.1, 0.15) is 51.3 Å². The van der Waals surface area contributed by atoms with Gasteiger partial charge in [0, 0.05) is 27.1 Å². The standard InChI is InChI=1S/C36H27NO2S/c1-36(2)30-10-6-7-11-32(30)37(25-13-15-26(40-3)16-14-25)33-17-12-22(19-31(33)36)18-29-34(38)27-20-23-8-4-5-9-24(23)21-28(27)35(29)39/h4-21H,1-3H3. The van der Waals surface area contributed by atoms with Crippen LogP contribution in [-0.4, -0.2) is 17.8 Å². The highest BCUT2D eigenvalue weighted by atomic mass is 32.2. The third kappa shape index (κ3) is 3.67. The van der Waals surface area contributed by atoms with Crippen molar-refractivity contribution in [3.05, 3.63) is 137 Å². The first-order valence-corrected chi connectivity index (χ1v) is 14.6. The van der Waals surface area contributed by atoms with Crippen molar-refractivity contribution in [2.45, 2.75) is 24.2 Å². The van der Waals surface area contributed by atoms with Crippen molar-refractivity contribution in [1.29, 1.82) is 0 Å². The Morgan fingerprint density at radius 1 is 0.675 bits per heavy atom. The van der Waals surface area contributed by atoms with E-state index in [2.05, 4.69) is 85.7 Å². The highest BCUT2D eigenvalue weighted by Gasteiger charge is 2.37. The average molecular weight is 538 g/mol. The second-order valence-electron chi connectivity index (χ2n) is 10.9. The summed E-state index contributed by atoms with van der Waals surface area (Å²) in [5.41, 5.74) is 7.50. The van der Waals surface area contributed by atoms with Gasteiger partial charge in [0.25, 0.3) is 0 Å². The summed E-state index contributed by atoms with van der Waals surface area (Å²) in [6.07, 6.45) is 3.85. The van der Waals surface area contributed by atoms with Crippen molar-refractivity contribution >= 4 is 57.2 Å². The SMILES string of the molecule is CSc1ccc(N2c3ccccc3C(C)(C)c3cc(C=C4C(=O)c5cc6ccccc6cc5C4=O)ccc32)cc1. The Balaban J connectivity index is 1.35. The first-order valence-electron chi connectivity index (χ1n) is 13.4. The molecule has 1 aliphatic carbocycles. The molecule has 2 aliphatic rings. The molecule has 0 spiro atoms. The molecule has 0 fully saturated rings. The van der Waals surface area contributed by atoms with Gasteiger partial charge in [0.15, 0.2) is 11.6 Å². The molecule has 3 nitrogen and oxygen atoms in total. The molecule has 7 rings (SSSR count). The molecule has 0 aromatic heterocycles. The third-order valence-corrected chi connectivity index (χ3v) is 9.00. The van der Waals surface area contributed by atoms with Gasteiger partial charge >= 0.3 is 0 Å². The van der Waals surface area contributed by atoms with Crippen LogP contribution in [0.2, 0.25) is 0 Å². The van der Waals surface area contributed by atoms with Crippen molar-refractivity contribution < 1.29 is 9.59 Å². The van der Waals surface area contributed by atoms with Crippen LogP contribution in [0.4, 0.5) is 17.1 Å². The topological polar surface area (TPSA) is 37.4 Å². The maximum atomic E-state index is 13.4. The second-order valence-corrected chi connectivity index (χ2v) is 11.8. The Kier molecular flexibility index (Phi) is 5.58. The first-order chi connectivity index (χ1) is 19.4. The van der Waals surface area contributed by atoms with Crippen LogP contribution >= 0.6 is 11.8 Å². The molecule has 1 aliphatic heterocycles. The van der Waals surface area contributed by atoms with E-state index in [0.717, 1.165) is 39.0 Å². The van der Waals surface area contributed by atoms with Gasteiger partial charge in [-0.1, -0.05) is 62.4 Å². The van der Waals surface area contributed by atoms with E-state index >= 15 is 0 Å². The number of allylic oxidation sites excluding steroid dienone is 1. The zero-order chi connectivity index (χ0) is 27.6. The van der Waals surface area contributed by atoms with E-state index in [1.807, 2.05) is 42.5 Å². The smallest absolute Gasteiger partial charge is 0.197 e. The molecule has 5 aromatic carbocycles. The van der Waals surface area contributed by atoms with Crippen LogP contribution in [-0.2, 0) is 5.41 Å². The monoisotopic (exact) mass is 537 g/mol. The summed E-state index contributed by atoms with van der Waals surface area (Å²) in [5, 5.41) is 1.92. The van der Waals surface area contributed by atoms with Crippen molar-refractivity contribution in [1.82, 2.24) is 0 Å². The van der Waals surface area contributed by atoms with Crippen LogP contribution in [0.3, 0.4) is 0 Å². The largest absolute Gasteiger partial charge is 0.310 e. The fraction of sp³-hybridized carbons (Fsp3) is 0.111. The Bertz CT molecular complexity index is 1840. The first kappa shape index (κ1) is 24.6. The van der Waals surface area contributed by atoms with Crippen molar-refractivity contribution in [2.24, 2.45) is 0 Å². The Labute approximate surface area is 238 Å². The fourth-order valence-corrected chi connectivity index (χ4v) is 6.54. The van der Waals surface area contributed by atoms with Gasteiger partial charge in [-0.3, -0.25) is 9.59 Å². The van der Waals surface area contributed by atoms with E-state index in [1.165, 1.54) is 10.5 Å². The van der Waals surface area contributed by atoms with Crippen LogP contribution < -0.4 is 4.90 Å². The second kappa shape index (κ2) is 9.07. The molecular weight excluding hydrogens is 510 g/mol. The van der Waals surface area contributed by atoms with Crippen LogP contribution in [0.15, 0.2) is 114 Å². The van der Waals surface area contributed by atoms with Gasteiger partial charge in [0.05, 0.1) is 16.9 Å². The summed E-state index contributed by atoms with van der Waals surface area (Å²) in [6.45, 7) is 4.48. The number of hydrogen-bond acceptors (Lipinski definition) is 4. The summed E-state index contributed by atoms with van der Waals surface area (Å²) in [4.78, 5) is 30.4. The molecule has 1 heterocycles. The fourth-order valence-electron chi connectivity index (χ4n) is 6.13. The molecule has 194 valence electrons. The van der Waals surface area contributed by atoms with Crippen LogP contribution in [0.25, 0.3) is 16.8 Å². The number of benzene rings is 5. The van der Waals surface area contributed by atoms with Crippen molar-refractivity contribution in [3.63, 3.8) is 0 Å². The van der Waals surface area contributed by atoms with E-state index in [1.54, 1.807) is 17.8 Å². The number of carbonyl (C=O) groups excluding carboxylic acids is 2. The highest BCUT2D eigenvalue weighted by Crippen LogP contribution is 2.52. The molecule has 0 N–H and O–H groups in total. The zero-order valence-electron chi connectivity index (χ0n) is 22.6. The van der Waals surface area contributed by atoms with E-state index in [0.29, 0.717) is 11.1 Å². The Morgan fingerprint density at radius 2 is 1.27 bits per heavy atom. The molecule has 0 saturated heterocycles. The lowest BCUT2D eigenvalue weighted by molar-refractivity contribution is 0.0990. The third-order valence-electron chi connectivity index (χ3n) is 8.26. The number of thioether (sulfide) groups is 1.